The number of pyridine rings is 1. The number of aryl methyl sites for hydroxylation is 1. The molecule has 9 heteroatoms. The third-order valence-corrected chi connectivity index (χ3v) is 5.57. The summed E-state index contributed by atoms with van der Waals surface area (Å²) in [4.78, 5) is 48.1. The molecule has 0 aliphatic carbocycles. The number of amides is 3. The number of piperazine rings is 1. The Kier molecular flexibility index (Phi) is 5.94. The highest BCUT2D eigenvalue weighted by atomic mass is 19.1. The second kappa shape index (κ2) is 8.81. The summed E-state index contributed by atoms with van der Waals surface area (Å²) in [5.41, 5.74) is 3.10. The Balaban J connectivity index is 1.33. The number of hydroxylamine groups is 2. The lowest BCUT2D eigenvalue weighted by molar-refractivity contribution is -0.174. The van der Waals surface area contributed by atoms with Crippen LogP contribution in [-0.4, -0.2) is 63.9 Å². The highest BCUT2D eigenvalue weighted by molar-refractivity contribution is 6.01. The molecule has 0 unspecified atom stereocenters. The molecule has 0 spiro atoms. The number of halogens is 1. The van der Waals surface area contributed by atoms with Gasteiger partial charge in [0, 0.05) is 68.6 Å². The van der Waals surface area contributed by atoms with Gasteiger partial charge in [0.2, 0.25) is 0 Å². The average Bonchev–Trinajstić information content (AvgIpc) is 3.08. The molecule has 2 aliphatic heterocycles. The van der Waals surface area contributed by atoms with E-state index in [1.54, 1.807) is 12.3 Å². The molecule has 2 aliphatic rings. The lowest BCUT2D eigenvalue weighted by Gasteiger charge is -2.34. The Hall–Kier alpha value is -3.33. The van der Waals surface area contributed by atoms with Crippen LogP contribution < -0.4 is 0 Å². The van der Waals surface area contributed by atoms with Crippen molar-refractivity contribution in [1.82, 2.24) is 19.8 Å². The first-order valence-electron chi connectivity index (χ1n) is 10.2. The molecule has 162 valence electrons. The number of hydrogen-bond donors (Lipinski definition) is 0. The van der Waals surface area contributed by atoms with Gasteiger partial charge in [0.05, 0.1) is 0 Å². The Morgan fingerprint density at radius 2 is 1.81 bits per heavy atom. The Labute approximate surface area is 179 Å². The third kappa shape index (κ3) is 4.56. The second-order valence-corrected chi connectivity index (χ2v) is 7.64. The van der Waals surface area contributed by atoms with Gasteiger partial charge in [-0.1, -0.05) is 18.2 Å². The number of aromatic nitrogens is 1. The molecule has 1 aromatic heterocycles. The van der Waals surface area contributed by atoms with Gasteiger partial charge < -0.3 is 9.74 Å². The van der Waals surface area contributed by atoms with Gasteiger partial charge in [-0.25, -0.2) is 9.18 Å². The standard InChI is InChI=1S/C22H23FN4O4/c1-15-18(3-2-8-24-15)16-4-5-17(19(23)13-16)14-25-9-11-26(12-10-25)22(30)31-27-20(28)6-7-21(27)29/h2-5,8,13H,6-7,9-12,14H2,1H3. The van der Waals surface area contributed by atoms with E-state index >= 15 is 0 Å². The summed E-state index contributed by atoms with van der Waals surface area (Å²) in [6, 6.07) is 8.94. The van der Waals surface area contributed by atoms with Crippen LogP contribution in [-0.2, 0) is 21.0 Å². The molecule has 3 amide bonds. The van der Waals surface area contributed by atoms with Crippen LogP contribution in [0.25, 0.3) is 11.1 Å². The van der Waals surface area contributed by atoms with Crippen LogP contribution in [0.15, 0.2) is 36.5 Å². The van der Waals surface area contributed by atoms with E-state index in [0.29, 0.717) is 43.4 Å². The van der Waals surface area contributed by atoms with Gasteiger partial charge in [-0.05, 0) is 24.6 Å². The SMILES string of the molecule is Cc1ncccc1-c1ccc(CN2CCN(C(=O)ON3C(=O)CCC3=O)CC2)c(F)c1. The minimum absolute atomic E-state index is 0.0601. The molecular formula is C22H23FN4O4. The fourth-order valence-corrected chi connectivity index (χ4v) is 3.76. The largest absolute Gasteiger partial charge is 0.434 e. The molecule has 2 aromatic rings. The van der Waals surface area contributed by atoms with Crippen LogP contribution in [0, 0.1) is 12.7 Å². The molecule has 4 rings (SSSR count). The van der Waals surface area contributed by atoms with E-state index in [-0.39, 0.29) is 18.7 Å². The first-order valence-corrected chi connectivity index (χ1v) is 10.2. The van der Waals surface area contributed by atoms with E-state index in [4.69, 9.17) is 4.84 Å². The van der Waals surface area contributed by atoms with E-state index < -0.39 is 17.9 Å². The molecule has 0 N–H and O–H groups in total. The minimum Gasteiger partial charge on any atom is -0.311 e. The van der Waals surface area contributed by atoms with Crippen molar-refractivity contribution >= 4 is 17.9 Å². The number of carbonyl (C=O) groups is 3. The van der Waals surface area contributed by atoms with Crippen molar-refractivity contribution in [2.45, 2.75) is 26.3 Å². The van der Waals surface area contributed by atoms with Crippen molar-refractivity contribution in [2.24, 2.45) is 0 Å². The number of nitrogens with zero attached hydrogens (tertiary/aromatic N) is 4. The van der Waals surface area contributed by atoms with E-state index in [9.17, 15) is 18.8 Å². The molecule has 0 atom stereocenters. The maximum absolute atomic E-state index is 14.7. The quantitative estimate of drug-likeness (QED) is 0.699. The summed E-state index contributed by atoms with van der Waals surface area (Å²) in [5, 5.41) is 0.551. The molecule has 3 heterocycles. The topological polar surface area (TPSA) is 83.1 Å². The predicted octanol–water partition coefficient (Wildman–Crippen LogP) is 2.51. The summed E-state index contributed by atoms with van der Waals surface area (Å²) < 4.78 is 14.7. The zero-order valence-electron chi connectivity index (χ0n) is 17.2. The van der Waals surface area contributed by atoms with Crippen LogP contribution in [0.3, 0.4) is 0 Å². The van der Waals surface area contributed by atoms with E-state index in [2.05, 4.69) is 4.98 Å². The number of carbonyl (C=O) groups excluding carboxylic acids is 3. The summed E-state index contributed by atoms with van der Waals surface area (Å²) in [5.74, 6) is -1.29. The third-order valence-electron chi connectivity index (χ3n) is 5.57. The molecule has 8 nitrogen and oxygen atoms in total. The average molecular weight is 426 g/mol. The van der Waals surface area contributed by atoms with Gasteiger partial charge in [-0.2, -0.15) is 0 Å². The lowest BCUT2D eigenvalue weighted by atomic mass is 10.0. The summed E-state index contributed by atoms with van der Waals surface area (Å²) >= 11 is 0. The highest BCUT2D eigenvalue weighted by Gasteiger charge is 2.34. The molecule has 0 bridgehead atoms. The van der Waals surface area contributed by atoms with E-state index in [0.717, 1.165) is 16.8 Å². The second-order valence-electron chi connectivity index (χ2n) is 7.64. The molecule has 0 saturated carbocycles. The zero-order valence-corrected chi connectivity index (χ0v) is 17.2. The number of hydrogen-bond acceptors (Lipinski definition) is 6. The van der Waals surface area contributed by atoms with Gasteiger partial charge in [0.15, 0.2) is 0 Å². The van der Waals surface area contributed by atoms with E-state index in [1.165, 1.54) is 11.0 Å². The van der Waals surface area contributed by atoms with Gasteiger partial charge in [-0.3, -0.25) is 19.5 Å². The zero-order chi connectivity index (χ0) is 22.0. The van der Waals surface area contributed by atoms with Crippen LogP contribution in [0.5, 0.6) is 0 Å². The maximum atomic E-state index is 14.7. The highest BCUT2D eigenvalue weighted by Crippen LogP contribution is 2.25. The molecule has 2 fully saturated rings. The Bertz CT molecular complexity index is 1000. The fourth-order valence-electron chi connectivity index (χ4n) is 3.76. The van der Waals surface area contributed by atoms with Crippen molar-refractivity contribution < 1.29 is 23.6 Å². The van der Waals surface area contributed by atoms with Crippen LogP contribution in [0.4, 0.5) is 9.18 Å². The van der Waals surface area contributed by atoms with Crippen LogP contribution in [0.1, 0.15) is 24.1 Å². The molecule has 1 aromatic carbocycles. The van der Waals surface area contributed by atoms with Crippen molar-refractivity contribution in [2.75, 3.05) is 26.2 Å². The summed E-state index contributed by atoms with van der Waals surface area (Å²) in [7, 11) is 0. The number of imide groups is 1. The van der Waals surface area contributed by atoms with Crippen LogP contribution in [0.2, 0.25) is 0 Å². The Morgan fingerprint density at radius 1 is 1.10 bits per heavy atom. The summed E-state index contributed by atoms with van der Waals surface area (Å²) in [6.45, 7) is 4.10. The Morgan fingerprint density at radius 3 is 2.45 bits per heavy atom. The molecule has 0 radical (unpaired) electrons. The fraction of sp³-hybridized carbons (Fsp3) is 0.364. The molecular weight excluding hydrogens is 403 g/mol. The maximum Gasteiger partial charge on any atom is 0.434 e. The normalized spacial score (nSPS) is 17.4. The van der Waals surface area contributed by atoms with Crippen LogP contribution >= 0.6 is 0 Å². The minimum atomic E-state index is -0.717. The van der Waals surface area contributed by atoms with Crippen molar-refractivity contribution in [3.63, 3.8) is 0 Å². The van der Waals surface area contributed by atoms with Crippen molar-refractivity contribution in [3.8, 4) is 11.1 Å². The molecule has 2 saturated heterocycles. The first kappa shape index (κ1) is 20.9. The van der Waals surface area contributed by atoms with Gasteiger partial charge in [-0.15, -0.1) is 5.06 Å². The monoisotopic (exact) mass is 426 g/mol. The summed E-state index contributed by atoms with van der Waals surface area (Å²) in [6.07, 6.45) is 1.11. The molecule has 31 heavy (non-hydrogen) atoms. The van der Waals surface area contributed by atoms with E-state index in [1.807, 2.05) is 30.0 Å². The predicted molar refractivity (Wildman–Crippen MR) is 109 cm³/mol. The van der Waals surface area contributed by atoms with Gasteiger partial charge in [0.25, 0.3) is 11.8 Å². The smallest absolute Gasteiger partial charge is 0.311 e. The van der Waals surface area contributed by atoms with Crippen molar-refractivity contribution in [3.05, 3.63) is 53.6 Å². The number of rotatable bonds is 4. The lowest BCUT2D eigenvalue weighted by Crippen LogP contribution is -2.50. The van der Waals surface area contributed by atoms with Gasteiger partial charge >= 0.3 is 6.09 Å². The number of benzene rings is 1. The first-order chi connectivity index (χ1) is 14.9. The van der Waals surface area contributed by atoms with Crippen molar-refractivity contribution in [1.29, 1.82) is 0 Å². The van der Waals surface area contributed by atoms with Gasteiger partial charge in [0.1, 0.15) is 5.82 Å².